The summed E-state index contributed by atoms with van der Waals surface area (Å²) in [6.45, 7) is 4.74. The zero-order chi connectivity index (χ0) is 25.2. The lowest BCUT2D eigenvalue weighted by Gasteiger charge is -2.44. The summed E-state index contributed by atoms with van der Waals surface area (Å²) < 4.78 is 44.9. The highest BCUT2D eigenvalue weighted by atomic mass is 19.4. The summed E-state index contributed by atoms with van der Waals surface area (Å²) in [7, 11) is 1.60. The van der Waals surface area contributed by atoms with Crippen molar-refractivity contribution in [3.8, 4) is 5.75 Å². The molecule has 1 unspecified atom stereocenters. The van der Waals surface area contributed by atoms with Crippen molar-refractivity contribution in [3.05, 3.63) is 101 Å². The van der Waals surface area contributed by atoms with Crippen LogP contribution in [0.2, 0.25) is 0 Å². The number of rotatable bonds is 5. The monoisotopic (exact) mass is 480 g/mol. The lowest BCUT2D eigenvalue weighted by atomic mass is 9.74. The van der Waals surface area contributed by atoms with E-state index in [1.807, 2.05) is 44.2 Å². The van der Waals surface area contributed by atoms with E-state index in [1.54, 1.807) is 31.5 Å². The first kappa shape index (κ1) is 24.7. The molecular formula is C28H27F3N2O2. The minimum atomic E-state index is -4.43. The van der Waals surface area contributed by atoms with Crippen LogP contribution in [0.4, 0.5) is 13.2 Å². The second kappa shape index (κ2) is 9.66. The van der Waals surface area contributed by atoms with Gasteiger partial charge in [-0.15, -0.1) is 0 Å². The number of methoxy groups -OCH3 is 1. The molecule has 35 heavy (non-hydrogen) atoms. The van der Waals surface area contributed by atoms with Crippen LogP contribution < -0.4 is 4.74 Å². The van der Waals surface area contributed by atoms with Gasteiger partial charge in [0.25, 0.3) is 0 Å². The van der Waals surface area contributed by atoms with E-state index in [9.17, 15) is 18.0 Å². The van der Waals surface area contributed by atoms with Gasteiger partial charge in [0.1, 0.15) is 5.75 Å². The third-order valence-electron chi connectivity index (χ3n) is 6.22. The predicted molar refractivity (Wildman–Crippen MR) is 129 cm³/mol. The highest BCUT2D eigenvalue weighted by molar-refractivity contribution is 6.05. The fourth-order valence-corrected chi connectivity index (χ4v) is 4.50. The molecule has 0 N–H and O–H groups in total. The number of hydrogen-bond acceptors (Lipinski definition) is 4. The van der Waals surface area contributed by atoms with Gasteiger partial charge in [0.15, 0.2) is 5.78 Å². The Kier molecular flexibility index (Phi) is 6.81. The van der Waals surface area contributed by atoms with E-state index >= 15 is 0 Å². The fourth-order valence-electron chi connectivity index (χ4n) is 4.50. The van der Waals surface area contributed by atoms with Crippen LogP contribution in [-0.4, -0.2) is 29.3 Å². The molecule has 182 valence electrons. The summed E-state index contributed by atoms with van der Waals surface area (Å²) in [5, 5.41) is 0. The average molecular weight is 481 g/mol. The van der Waals surface area contributed by atoms with E-state index < -0.39 is 23.2 Å². The molecule has 0 amide bonds. The Bertz CT molecular complexity index is 1200. The second-order valence-corrected chi connectivity index (χ2v) is 9.34. The molecule has 1 saturated heterocycles. The Morgan fingerprint density at radius 2 is 1.74 bits per heavy atom. The molecule has 1 aliphatic heterocycles. The zero-order valence-electron chi connectivity index (χ0n) is 19.8. The lowest BCUT2D eigenvalue weighted by molar-refractivity contribution is -0.137. The maximum Gasteiger partial charge on any atom is 0.416 e. The van der Waals surface area contributed by atoms with Crippen LogP contribution in [0.5, 0.6) is 5.75 Å². The van der Waals surface area contributed by atoms with E-state index in [-0.39, 0.29) is 5.78 Å². The van der Waals surface area contributed by atoms with Crippen molar-refractivity contribution in [2.24, 2.45) is 5.41 Å². The first-order valence-corrected chi connectivity index (χ1v) is 11.3. The zero-order valence-corrected chi connectivity index (χ0v) is 19.8. The van der Waals surface area contributed by atoms with Gasteiger partial charge in [-0.1, -0.05) is 44.2 Å². The van der Waals surface area contributed by atoms with Crippen LogP contribution in [0.3, 0.4) is 0 Å². The van der Waals surface area contributed by atoms with Crippen molar-refractivity contribution >= 4 is 11.9 Å². The van der Waals surface area contributed by atoms with E-state index in [4.69, 9.17) is 4.74 Å². The highest BCUT2D eigenvalue weighted by Crippen LogP contribution is 2.43. The van der Waals surface area contributed by atoms with Crippen molar-refractivity contribution in [2.75, 3.05) is 13.7 Å². The molecule has 0 aliphatic carbocycles. The smallest absolute Gasteiger partial charge is 0.416 e. The minimum Gasteiger partial charge on any atom is -0.497 e. The standard InChI is InChI=1S/C28H27F3N2O2/c1-27(2)18-33(17-19-7-13-23(35-3)14-8-19)25(20-9-11-21(12-10-20)28(29,30)31)24(26(27)34)16-22-6-4-5-15-32-22/h4-16,25H,17-18H2,1-3H3/b24-16+. The molecule has 3 aromatic rings. The topological polar surface area (TPSA) is 42.4 Å². The number of alkyl halides is 3. The normalized spacial score (nSPS) is 19.7. The molecule has 0 bridgehead atoms. The first-order valence-electron chi connectivity index (χ1n) is 11.3. The summed E-state index contributed by atoms with van der Waals surface area (Å²) in [5.41, 5.74) is 1.35. The van der Waals surface area contributed by atoms with Crippen LogP contribution in [0.15, 0.2) is 78.5 Å². The molecule has 7 heteroatoms. The van der Waals surface area contributed by atoms with Gasteiger partial charge in [-0.3, -0.25) is 14.7 Å². The summed E-state index contributed by atoms with van der Waals surface area (Å²) in [6, 6.07) is 17.6. The fraction of sp³-hybridized carbons (Fsp3) is 0.286. The van der Waals surface area contributed by atoms with E-state index in [0.29, 0.717) is 29.9 Å². The number of aromatic nitrogens is 1. The Labute approximate surface area is 203 Å². The lowest BCUT2D eigenvalue weighted by Crippen LogP contribution is -2.49. The summed E-state index contributed by atoms with van der Waals surface area (Å²) in [5.74, 6) is 0.692. The number of carbonyl (C=O) groups excluding carboxylic acids is 1. The molecule has 1 aromatic heterocycles. The number of hydrogen-bond donors (Lipinski definition) is 0. The number of Topliss-reactive ketones (excluding diaryl/α,β-unsaturated/α-hetero) is 1. The number of ether oxygens (including phenoxy) is 1. The van der Waals surface area contributed by atoms with Crippen LogP contribution in [0.25, 0.3) is 6.08 Å². The molecule has 0 radical (unpaired) electrons. The Hall–Kier alpha value is -3.45. The maximum absolute atomic E-state index is 13.6. The number of likely N-dealkylation sites (tertiary alicyclic amines) is 1. The van der Waals surface area contributed by atoms with Crippen LogP contribution >= 0.6 is 0 Å². The minimum absolute atomic E-state index is 0.0426. The van der Waals surface area contributed by atoms with Crippen LogP contribution in [0.1, 0.15) is 42.3 Å². The van der Waals surface area contributed by atoms with Gasteiger partial charge in [0.05, 0.1) is 24.4 Å². The van der Waals surface area contributed by atoms with Crippen LogP contribution in [0, 0.1) is 5.41 Å². The van der Waals surface area contributed by atoms with Crippen molar-refractivity contribution in [2.45, 2.75) is 32.6 Å². The molecule has 1 atom stereocenters. The predicted octanol–water partition coefficient (Wildman–Crippen LogP) is 6.34. The molecule has 4 rings (SSSR count). The van der Waals surface area contributed by atoms with Crippen molar-refractivity contribution in [3.63, 3.8) is 0 Å². The number of benzene rings is 2. The van der Waals surface area contributed by atoms with E-state index in [1.165, 1.54) is 12.1 Å². The quantitative estimate of drug-likeness (QED) is 0.400. The van der Waals surface area contributed by atoms with Gasteiger partial charge in [0.2, 0.25) is 0 Å². The summed E-state index contributed by atoms with van der Waals surface area (Å²) in [4.78, 5) is 20.1. The molecule has 2 aromatic carbocycles. The number of halogens is 3. The Morgan fingerprint density at radius 1 is 1.06 bits per heavy atom. The number of piperidine rings is 1. The summed E-state index contributed by atoms with van der Waals surface area (Å²) >= 11 is 0. The molecular weight excluding hydrogens is 453 g/mol. The molecule has 2 heterocycles. The number of nitrogens with zero attached hydrogens (tertiary/aromatic N) is 2. The average Bonchev–Trinajstić information content (AvgIpc) is 2.83. The highest BCUT2D eigenvalue weighted by Gasteiger charge is 2.44. The Morgan fingerprint density at radius 3 is 2.31 bits per heavy atom. The molecule has 0 saturated carbocycles. The maximum atomic E-state index is 13.6. The number of pyridine rings is 1. The third-order valence-corrected chi connectivity index (χ3v) is 6.22. The molecule has 1 fully saturated rings. The van der Waals surface area contributed by atoms with Crippen molar-refractivity contribution < 1.29 is 22.7 Å². The van der Waals surface area contributed by atoms with Gasteiger partial charge >= 0.3 is 6.18 Å². The van der Waals surface area contributed by atoms with Crippen LogP contribution in [-0.2, 0) is 17.5 Å². The van der Waals surface area contributed by atoms with Gasteiger partial charge in [0, 0.05) is 30.3 Å². The second-order valence-electron chi connectivity index (χ2n) is 9.34. The van der Waals surface area contributed by atoms with Crippen molar-refractivity contribution in [1.82, 2.24) is 9.88 Å². The first-order chi connectivity index (χ1) is 16.6. The largest absolute Gasteiger partial charge is 0.497 e. The third kappa shape index (κ3) is 5.46. The number of carbonyl (C=O) groups is 1. The molecule has 1 aliphatic rings. The van der Waals surface area contributed by atoms with E-state index in [0.717, 1.165) is 23.4 Å². The Balaban J connectivity index is 1.81. The van der Waals surface area contributed by atoms with Gasteiger partial charge in [-0.05, 0) is 53.6 Å². The molecule has 4 nitrogen and oxygen atoms in total. The molecule has 0 spiro atoms. The van der Waals surface area contributed by atoms with Gasteiger partial charge in [-0.25, -0.2) is 0 Å². The van der Waals surface area contributed by atoms with Gasteiger partial charge in [-0.2, -0.15) is 13.2 Å². The number of ketones is 1. The van der Waals surface area contributed by atoms with E-state index in [2.05, 4.69) is 9.88 Å². The summed E-state index contributed by atoms with van der Waals surface area (Å²) in [6.07, 6.45) is -1.03. The SMILES string of the molecule is COc1ccc(CN2CC(C)(C)C(=O)/C(=C/c3ccccn3)C2c2ccc(C(F)(F)F)cc2)cc1. The van der Waals surface area contributed by atoms with Gasteiger partial charge < -0.3 is 4.74 Å². The van der Waals surface area contributed by atoms with Crippen molar-refractivity contribution in [1.29, 1.82) is 0 Å².